The second kappa shape index (κ2) is 6.94. The van der Waals surface area contributed by atoms with Gasteiger partial charge in [0, 0.05) is 19.5 Å². The molecule has 0 bridgehead atoms. The van der Waals surface area contributed by atoms with Crippen molar-refractivity contribution in [1.29, 1.82) is 0 Å². The highest BCUT2D eigenvalue weighted by molar-refractivity contribution is 9.11. The molecule has 0 heterocycles. The molecule has 0 saturated heterocycles. The van der Waals surface area contributed by atoms with E-state index in [1.165, 1.54) is 0 Å². The van der Waals surface area contributed by atoms with E-state index in [2.05, 4.69) is 49.3 Å². The van der Waals surface area contributed by atoms with Crippen molar-refractivity contribution in [2.45, 2.75) is 6.04 Å². The number of halogens is 3. The van der Waals surface area contributed by atoms with Gasteiger partial charge in [0.15, 0.2) is 0 Å². The highest BCUT2D eigenvalue weighted by Gasteiger charge is 2.18. The monoisotopic (exact) mass is 417 g/mol. The van der Waals surface area contributed by atoms with E-state index in [0.717, 1.165) is 25.8 Å². The molecule has 0 amide bonds. The first-order valence-corrected chi connectivity index (χ1v) is 7.98. The number of rotatable bonds is 4. The molecule has 0 aromatic heterocycles. The number of hydrogen-bond donors (Lipinski definition) is 1. The van der Waals surface area contributed by atoms with Crippen molar-refractivity contribution in [3.8, 4) is 5.75 Å². The average Bonchev–Trinajstić information content (AvgIpc) is 2.39. The van der Waals surface area contributed by atoms with Crippen LogP contribution in [0.15, 0.2) is 45.3 Å². The smallest absolute Gasteiger partial charge is 0.124 e. The third-order valence-electron chi connectivity index (χ3n) is 3.01. The van der Waals surface area contributed by atoms with Gasteiger partial charge in [0.2, 0.25) is 0 Å². The second-order valence-corrected chi connectivity index (χ2v) is 6.58. The third kappa shape index (κ3) is 3.55. The van der Waals surface area contributed by atoms with Crippen LogP contribution in [0.3, 0.4) is 0 Å². The summed E-state index contributed by atoms with van der Waals surface area (Å²) < 4.78 is 7.48. The van der Waals surface area contributed by atoms with Crippen LogP contribution in [-0.4, -0.2) is 14.2 Å². The van der Waals surface area contributed by atoms with Crippen LogP contribution < -0.4 is 10.1 Å². The highest BCUT2D eigenvalue weighted by Crippen LogP contribution is 2.34. The summed E-state index contributed by atoms with van der Waals surface area (Å²) in [5.41, 5.74) is 2.13. The number of benzene rings is 2. The average molecular weight is 420 g/mol. The lowest BCUT2D eigenvalue weighted by Crippen LogP contribution is -2.18. The SMILES string of the molecule is CNC(c1cc(Br)cc(Br)c1)c1cc(Cl)ccc1OC. The van der Waals surface area contributed by atoms with Gasteiger partial charge in [0.1, 0.15) is 5.75 Å². The Bertz CT molecular complexity index is 599. The first-order chi connectivity index (χ1) is 9.55. The fourth-order valence-corrected chi connectivity index (χ4v) is 3.68. The van der Waals surface area contributed by atoms with E-state index in [-0.39, 0.29) is 6.04 Å². The van der Waals surface area contributed by atoms with Gasteiger partial charge in [-0.1, -0.05) is 43.5 Å². The van der Waals surface area contributed by atoms with Crippen LogP contribution >= 0.6 is 43.5 Å². The van der Waals surface area contributed by atoms with E-state index in [9.17, 15) is 0 Å². The highest BCUT2D eigenvalue weighted by atomic mass is 79.9. The Morgan fingerprint density at radius 3 is 2.30 bits per heavy atom. The van der Waals surface area contributed by atoms with Crippen LogP contribution in [0, 0.1) is 0 Å². The Kier molecular flexibility index (Phi) is 5.49. The molecule has 2 aromatic rings. The normalized spacial score (nSPS) is 12.2. The number of methoxy groups -OCH3 is 1. The van der Waals surface area contributed by atoms with Crippen molar-refractivity contribution in [2.24, 2.45) is 0 Å². The summed E-state index contributed by atoms with van der Waals surface area (Å²) in [4.78, 5) is 0. The summed E-state index contributed by atoms with van der Waals surface area (Å²) in [6.07, 6.45) is 0. The van der Waals surface area contributed by atoms with Gasteiger partial charge in [-0.2, -0.15) is 0 Å². The van der Waals surface area contributed by atoms with Crippen LogP contribution in [-0.2, 0) is 0 Å². The Morgan fingerprint density at radius 1 is 1.10 bits per heavy atom. The molecular weight excluding hydrogens is 405 g/mol. The van der Waals surface area contributed by atoms with Gasteiger partial charge in [-0.25, -0.2) is 0 Å². The lowest BCUT2D eigenvalue weighted by atomic mass is 9.98. The van der Waals surface area contributed by atoms with E-state index >= 15 is 0 Å². The van der Waals surface area contributed by atoms with E-state index in [4.69, 9.17) is 16.3 Å². The minimum atomic E-state index is -0.00236. The molecule has 1 atom stereocenters. The van der Waals surface area contributed by atoms with Gasteiger partial charge in [0.25, 0.3) is 0 Å². The van der Waals surface area contributed by atoms with E-state index < -0.39 is 0 Å². The molecular formula is C15H14Br2ClNO. The molecule has 0 aliphatic rings. The van der Waals surface area contributed by atoms with Crippen LogP contribution in [0.5, 0.6) is 5.75 Å². The van der Waals surface area contributed by atoms with Gasteiger partial charge >= 0.3 is 0 Å². The predicted molar refractivity (Wildman–Crippen MR) is 90.7 cm³/mol. The van der Waals surface area contributed by atoms with E-state index in [0.29, 0.717) is 5.02 Å². The zero-order valence-electron chi connectivity index (χ0n) is 11.1. The fourth-order valence-electron chi connectivity index (χ4n) is 2.17. The summed E-state index contributed by atoms with van der Waals surface area (Å²) in [7, 11) is 3.58. The molecule has 0 fully saturated rings. The van der Waals surface area contributed by atoms with Crippen molar-refractivity contribution in [3.63, 3.8) is 0 Å². The molecule has 1 N–H and O–H groups in total. The Hall–Kier alpha value is -0.550. The van der Waals surface area contributed by atoms with Crippen LogP contribution in [0.4, 0.5) is 0 Å². The van der Waals surface area contributed by atoms with Crippen molar-refractivity contribution >= 4 is 43.5 Å². The van der Waals surface area contributed by atoms with E-state index in [1.54, 1.807) is 7.11 Å². The quantitative estimate of drug-likeness (QED) is 0.737. The van der Waals surface area contributed by atoms with Gasteiger partial charge in [0.05, 0.1) is 13.2 Å². The fraction of sp³-hybridized carbons (Fsp3) is 0.200. The van der Waals surface area contributed by atoms with Crippen molar-refractivity contribution < 1.29 is 4.74 Å². The zero-order chi connectivity index (χ0) is 14.7. The Labute approximate surface area is 140 Å². The standard InChI is InChI=1S/C15H14Br2ClNO/c1-19-15(9-5-10(16)7-11(17)6-9)13-8-12(18)3-4-14(13)20-2/h3-8,15,19H,1-2H3. The molecule has 1 unspecified atom stereocenters. The molecule has 0 spiro atoms. The number of hydrogen-bond acceptors (Lipinski definition) is 2. The van der Waals surface area contributed by atoms with Crippen LogP contribution in [0.2, 0.25) is 5.02 Å². The first-order valence-electron chi connectivity index (χ1n) is 6.02. The maximum atomic E-state index is 6.12. The van der Waals surface area contributed by atoms with Crippen molar-refractivity contribution in [2.75, 3.05) is 14.2 Å². The topological polar surface area (TPSA) is 21.3 Å². The number of ether oxygens (including phenoxy) is 1. The first kappa shape index (κ1) is 15.8. The molecule has 5 heteroatoms. The largest absolute Gasteiger partial charge is 0.496 e. The Morgan fingerprint density at radius 2 is 1.75 bits per heavy atom. The molecule has 2 aromatic carbocycles. The van der Waals surface area contributed by atoms with Crippen molar-refractivity contribution in [3.05, 3.63) is 61.5 Å². The summed E-state index contributed by atoms with van der Waals surface area (Å²) in [6, 6.07) is 11.8. The summed E-state index contributed by atoms with van der Waals surface area (Å²) in [5.74, 6) is 0.810. The van der Waals surface area contributed by atoms with Crippen molar-refractivity contribution in [1.82, 2.24) is 5.32 Å². The molecule has 0 saturated carbocycles. The molecule has 2 nitrogen and oxygen atoms in total. The van der Waals surface area contributed by atoms with Gasteiger partial charge < -0.3 is 10.1 Å². The maximum Gasteiger partial charge on any atom is 0.124 e. The van der Waals surface area contributed by atoms with Crippen LogP contribution in [0.1, 0.15) is 17.2 Å². The molecule has 0 radical (unpaired) electrons. The lowest BCUT2D eigenvalue weighted by molar-refractivity contribution is 0.405. The minimum absolute atomic E-state index is 0.00236. The summed E-state index contributed by atoms with van der Waals surface area (Å²) in [6.45, 7) is 0. The molecule has 0 aliphatic carbocycles. The molecule has 2 rings (SSSR count). The lowest BCUT2D eigenvalue weighted by Gasteiger charge is -2.20. The Balaban J connectivity index is 2.54. The molecule has 106 valence electrons. The van der Waals surface area contributed by atoms with Crippen LogP contribution in [0.25, 0.3) is 0 Å². The minimum Gasteiger partial charge on any atom is -0.496 e. The third-order valence-corrected chi connectivity index (χ3v) is 4.16. The predicted octanol–water partition coefficient (Wildman–Crippen LogP) is 5.18. The summed E-state index contributed by atoms with van der Waals surface area (Å²) in [5, 5.41) is 4.00. The second-order valence-electron chi connectivity index (χ2n) is 4.31. The number of nitrogens with one attached hydrogen (secondary N) is 1. The van der Waals surface area contributed by atoms with Gasteiger partial charge in [-0.15, -0.1) is 0 Å². The van der Waals surface area contributed by atoms with Gasteiger partial charge in [-0.05, 0) is 49.0 Å². The van der Waals surface area contributed by atoms with Gasteiger partial charge in [-0.3, -0.25) is 0 Å². The molecule has 0 aliphatic heterocycles. The van der Waals surface area contributed by atoms with E-state index in [1.807, 2.05) is 31.3 Å². The summed E-state index contributed by atoms with van der Waals surface area (Å²) >= 11 is 13.2. The maximum absolute atomic E-state index is 6.12. The molecule has 20 heavy (non-hydrogen) atoms. The zero-order valence-corrected chi connectivity index (χ0v) is 15.0.